The van der Waals surface area contributed by atoms with Crippen LogP contribution in [0.1, 0.15) is 19.4 Å². The van der Waals surface area contributed by atoms with Gasteiger partial charge in [0.25, 0.3) is 0 Å². The van der Waals surface area contributed by atoms with E-state index in [-0.39, 0.29) is 0 Å². The molecule has 104 valence electrons. The van der Waals surface area contributed by atoms with E-state index in [1.54, 1.807) is 6.33 Å². The average Bonchev–Trinajstić information content (AvgIpc) is 2.93. The number of aromatic nitrogens is 2. The Bertz CT molecular complexity index is 593. The van der Waals surface area contributed by atoms with E-state index < -0.39 is 0 Å². The highest BCUT2D eigenvalue weighted by Gasteiger charge is 2.21. The summed E-state index contributed by atoms with van der Waals surface area (Å²) >= 11 is 0. The van der Waals surface area contributed by atoms with Gasteiger partial charge in [0, 0.05) is 31.4 Å². The Labute approximate surface area is 120 Å². The van der Waals surface area contributed by atoms with Gasteiger partial charge in [0.05, 0.1) is 0 Å². The van der Waals surface area contributed by atoms with Crippen LogP contribution in [0, 0.1) is 0 Å². The number of anilines is 3. The number of fused-ring (bicyclic) bond motifs is 1. The molecule has 1 aromatic heterocycles. The zero-order valence-corrected chi connectivity index (χ0v) is 12.1. The highest BCUT2D eigenvalue weighted by atomic mass is 15.2. The number of hydrogen-bond donors (Lipinski definition) is 0. The number of hydrogen-bond acceptors (Lipinski definition) is 4. The minimum absolute atomic E-state index is 0.962. The highest BCUT2D eigenvalue weighted by molar-refractivity contribution is 5.68. The van der Waals surface area contributed by atoms with Gasteiger partial charge in [-0.3, -0.25) is 0 Å². The van der Waals surface area contributed by atoms with Crippen LogP contribution in [0.2, 0.25) is 0 Å². The van der Waals surface area contributed by atoms with Crippen molar-refractivity contribution >= 4 is 17.3 Å². The largest absolute Gasteiger partial charge is 0.357 e. The lowest BCUT2D eigenvalue weighted by molar-refractivity contribution is 0.838. The van der Waals surface area contributed by atoms with Crippen molar-refractivity contribution in [1.82, 2.24) is 9.97 Å². The van der Waals surface area contributed by atoms with Gasteiger partial charge in [0.2, 0.25) is 0 Å². The fourth-order valence-corrected chi connectivity index (χ4v) is 2.78. The molecule has 0 unspecified atom stereocenters. The second kappa shape index (κ2) is 5.49. The summed E-state index contributed by atoms with van der Waals surface area (Å²) in [5, 5.41) is 0. The minimum atomic E-state index is 0.962. The van der Waals surface area contributed by atoms with Gasteiger partial charge < -0.3 is 9.80 Å². The van der Waals surface area contributed by atoms with Crippen LogP contribution in [0.15, 0.2) is 36.7 Å². The molecule has 0 aliphatic carbocycles. The third-order valence-electron chi connectivity index (χ3n) is 3.89. The summed E-state index contributed by atoms with van der Waals surface area (Å²) in [5.74, 6) is 2.00. The maximum Gasteiger partial charge on any atom is 0.138 e. The van der Waals surface area contributed by atoms with Gasteiger partial charge in [-0.1, -0.05) is 18.2 Å². The fraction of sp³-hybridized carbons (Fsp3) is 0.375. The molecule has 20 heavy (non-hydrogen) atoms. The maximum absolute atomic E-state index is 4.46. The number of para-hydroxylation sites is 1. The van der Waals surface area contributed by atoms with Gasteiger partial charge in [-0.25, -0.2) is 9.97 Å². The van der Waals surface area contributed by atoms with Crippen molar-refractivity contribution in [3.8, 4) is 0 Å². The molecule has 0 atom stereocenters. The molecule has 1 aromatic carbocycles. The molecule has 0 spiro atoms. The van der Waals surface area contributed by atoms with Crippen molar-refractivity contribution < 1.29 is 0 Å². The Morgan fingerprint density at radius 2 is 1.95 bits per heavy atom. The van der Waals surface area contributed by atoms with E-state index in [2.05, 4.69) is 63.9 Å². The SMILES string of the molecule is CCN(CC)c1cc(N2CCc3ccccc32)ncn1. The van der Waals surface area contributed by atoms with Crippen molar-refractivity contribution in [3.63, 3.8) is 0 Å². The van der Waals surface area contributed by atoms with Crippen LogP contribution in [0.4, 0.5) is 17.3 Å². The number of benzene rings is 1. The monoisotopic (exact) mass is 268 g/mol. The molecule has 0 bridgehead atoms. The molecule has 4 nitrogen and oxygen atoms in total. The van der Waals surface area contributed by atoms with Crippen LogP contribution in [0.3, 0.4) is 0 Å². The third kappa shape index (κ3) is 2.22. The van der Waals surface area contributed by atoms with E-state index in [1.807, 2.05) is 0 Å². The molecular formula is C16H20N4. The van der Waals surface area contributed by atoms with E-state index in [0.717, 1.165) is 37.7 Å². The van der Waals surface area contributed by atoms with Gasteiger partial charge in [-0.15, -0.1) is 0 Å². The molecule has 1 aliphatic rings. The molecule has 4 heteroatoms. The summed E-state index contributed by atoms with van der Waals surface area (Å²) in [7, 11) is 0. The van der Waals surface area contributed by atoms with Gasteiger partial charge >= 0.3 is 0 Å². The Hall–Kier alpha value is -2.10. The zero-order valence-electron chi connectivity index (χ0n) is 12.1. The molecule has 2 aromatic rings. The molecule has 0 radical (unpaired) electrons. The fourth-order valence-electron chi connectivity index (χ4n) is 2.78. The summed E-state index contributed by atoms with van der Waals surface area (Å²) in [6.45, 7) is 7.22. The lowest BCUT2D eigenvalue weighted by Gasteiger charge is -2.23. The van der Waals surface area contributed by atoms with Crippen LogP contribution in [-0.4, -0.2) is 29.6 Å². The Kier molecular flexibility index (Phi) is 3.54. The van der Waals surface area contributed by atoms with E-state index in [4.69, 9.17) is 0 Å². The normalized spacial score (nSPS) is 13.4. The van der Waals surface area contributed by atoms with Crippen LogP contribution < -0.4 is 9.80 Å². The van der Waals surface area contributed by atoms with E-state index in [1.165, 1.54) is 11.3 Å². The second-order valence-electron chi connectivity index (χ2n) is 4.94. The van der Waals surface area contributed by atoms with E-state index >= 15 is 0 Å². The second-order valence-corrected chi connectivity index (χ2v) is 4.94. The first-order chi connectivity index (χ1) is 9.83. The molecule has 0 N–H and O–H groups in total. The van der Waals surface area contributed by atoms with E-state index in [0.29, 0.717) is 0 Å². The summed E-state index contributed by atoms with van der Waals surface area (Å²) in [6, 6.07) is 10.6. The van der Waals surface area contributed by atoms with Gasteiger partial charge in [0.1, 0.15) is 18.0 Å². The molecule has 0 amide bonds. The first-order valence-corrected chi connectivity index (χ1v) is 7.26. The van der Waals surface area contributed by atoms with Crippen molar-refractivity contribution in [2.45, 2.75) is 20.3 Å². The van der Waals surface area contributed by atoms with Crippen molar-refractivity contribution in [2.75, 3.05) is 29.4 Å². The summed E-state index contributed by atoms with van der Waals surface area (Å²) < 4.78 is 0. The van der Waals surface area contributed by atoms with Crippen LogP contribution in [0.5, 0.6) is 0 Å². The smallest absolute Gasteiger partial charge is 0.138 e. The first-order valence-electron chi connectivity index (χ1n) is 7.26. The van der Waals surface area contributed by atoms with E-state index in [9.17, 15) is 0 Å². The summed E-state index contributed by atoms with van der Waals surface area (Å²) in [4.78, 5) is 13.4. The van der Waals surface area contributed by atoms with Crippen molar-refractivity contribution in [1.29, 1.82) is 0 Å². The summed E-state index contributed by atoms with van der Waals surface area (Å²) in [5.41, 5.74) is 2.67. The molecule has 0 saturated carbocycles. The molecule has 0 saturated heterocycles. The zero-order chi connectivity index (χ0) is 13.9. The maximum atomic E-state index is 4.46. The first kappa shape index (κ1) is 12.9. The van der Waals surface area contributed by atoms with Gasteiger partial charge in [0.15, 0.2) is 0 Å². The van der Waals surface area contributed by atoms with Crippen LogP contribution in [-0.2, 0) is 6.42 Å². The predicted molar refractivity (Wildman–Crippen MR) is 82.7 cm³/mol. The molecule has 3 rings (SSSR count). The number of nitrogens with zero attached hydrogens (tertiary/aromatic N) is 4. The summed E-state index contributed by atoms with van der Waals surface area (Å²) in [6.07, 6.45) is 2.75. The quantitative estimate of drug-likeness (QED) is 0.853. The standard InChI is InChI=1S/C16H20N4/c1-3-19(4-2)15-11-16(18-12-17-15)20-10-9-13-7-5-6-8-14(13)20/h5-8,11-12H,3-4,9-10H2,1-2H3. The van der Waals surface area contributed by atoms with Gasteiger partial charge in [-0.2, -0.15) is 0 Å². The third-order valence-corrected chi connectivity index (χ3v) is 3.89. The Morgan fingerprint density at radius 3 is 2.75 bits per heavy atom. The predicted octanol–water partition coefficient (Wildman–Crippen LogP) is 3.02. The molecule has 2 heterocycles. The highest BCUT2D eigenvalue weighted by Crippen LogP contribution is 2.33. The molecular weight excluding hydrogens is 248 g/mol. The lowest BCUT2D eigenvalue weighted by Crippen LogP contribution is -2.24. The molecule has 0 fully saturated rings. The van der Waals surface area contributed by atoms with Gasteiger partial charge in [-0.05, 0) is 31.9 Å². The number of rotatable bonds is 4. The van der Waals surface area contributed by atoms with Crippen molar-refractivity contribution in [2.24, 2.45) is 0 Å². The van der Waals surface area contributed by atoms with Crippen LogP contribution >= 0.6 is 0 Å². The Morgan fingerprint density at radius 1 is 1.15 bits per heavy atom. The Balaban J connectivity index is 1.94. The molecule has 1 aliphatic heterocycles. The minimum Gasteiger partial charge on any atom is -0.357 e. The van der Waals surface area contributed by atoms with Crippen molar-refractivity contribution in [3.05, 3.63) is 42.2 Å². The van der Waals surface area contributed by atoms with Crippen LogP contribution in [0.25, 0.3) is 0 Å². The lowest BCUT2D eigenvalue weighted by atomic mass is 10.2. The topological polar surface area (TPSA) is 32.3 Å². The average molecular weight is 268 g/mol.